The fourth-order valence-corrected chi connectivity index (χ4v) is 0.827. The van der Waals surface area contributed by atoms with Gasteiger partial charge in [-0.1, -0.05) is 11.8 Å². The highest BCUT2D eigenvalue weighted by molar-refractivity contribution is 5.58. The normalized spacial score (nSPS) is 8.62. The number of benzene rings is 1. The summed E-state index contributed by atoms with van der Waals surface area (Å²) >= 11 is 0. The second-order valence-electron chi connectivity index (χ2n) is 2.45. The van der Waals surface area contributed by atoms with Crippen molar-refractivity contribution in [3.05, 3.63) is 23.8 Å². The number of nitrogens with two attached hydrogens (primary N) is 1. The van der Waals surface area contributed by atoms with E-state index in [9.17, 15) is 4.79 Å². The molecule has 1 rings (SSSR count). The molecule has 1 aromatic rings. The van der Waals surface area contributed by atoms with E-state index >= 15 is 0 Å². The Morgan fingerprint density at radius 2 is 2.31 bits per heavy atom. The minimum Gasteiger partial charge on any atom is -0.506 e. The molecule has 13 heavy (non-hydrogen) atoms. The van der Waals surface area contributed by atoms with Crippen LogP contribution in [0.15, 0.2) is 18.2 Å². The molecule has 0 aliphatic rings. The highest BCUT2D eigenvalue weighted by Crippen LogP contribution is 2.19. The van der Waals surface area contributed by atoms with E-state index in [1.165, 1.54) is 6.07 Å². The number of anilines is 1. The summed E-state index contributed by atoms with van der Waals surface area (Å²) in [5.41, 5.74) is 6.42. The van der Waals surface area contributed by atoms with E-state index < -0.39 is 0 Å². The molecule has 1 aromatic carbocycles. The summed E-state index contributed by atoms with van der Waals surface area (Å²) in [6.45, 7) is 0. The van der Waals surface area contributed by atoms with Gasteiger partial charge in [0.1, 0.15) is 12.0 Å². The fraction of sp³-hybridized carbons (Fsp3) is 0.100. The van der Waals surface area contributed by atoms with Crippen LogP contribution in [0.25, 0.3) is 0 Å². The lowest BCUT2D eigenvalue weighted by Crippen LogP contribution is -1.86. The van der Waals surface area contributed by atoms with Crippen LogP contribution in [0.1, 0.15) is 12.0 Å². The largest absolute Gasteiger partial charge is 0.506 e. The van der Waals surface area contributed by atoms with E-state index in [0.717, 1.165) is 6.29 Å². The summed E-state index contributed by atoms with van der Waals surface area (Å²) in [4.78, 5) is 9.95. The van der Waals surface area contributed by atoms with Gasteiger partial charge >= 0.3 is 0 Å². The molecule has 0 bridgehead atoms. The van der Waals surface area contributed by atoms with E-state index in [1.807, 2.05) is 0 Å². The number of phenolic OH excluding ortho intramolecular Hbond substituents is 1. The number of hydrogen-bond acceptors (Lipinski definition) is 3. The van der Waals surface area contributed by atoms with E-state index in [0.29, 0.717) is 5.56 Å². The van der Waals surface area contributed by atoms with Crippen LogP contribution >= 0.6 is 0 Å². The second kappa shape index (κ2) is 4.17. The Morgan fingerprint density at radius 1 is 1.54 bits per heavy atom. The van der Waals surface area contributed by atoms with Crippen LogP contribution in [0.5, 0.6) is 5.75 Å². The van der Waals surface area contributed by atoms with Crippen LogP contribution in [0.2, 0.25) is 0 Å². The monoisotopic (exact) mass is 175 g/mol. The molecule has 0 unspecified atom stereocenters. The number of nitrogen functional groups attached to an aromatic ring is 1. The second-order valence-corrected chi connectivity index (χ2v) is 2.45. The van der Waals surface area contributed by atoms with Crippen molar-refractivity contribution < 1.29 is 9.90 Å². The quantitative estimate of drug-likeness (QED) is 0.288. The molecule has 3 N–H and O–H groups in total. The summed E-state index contributed by atoms with van der Waals surface area (Å²) in [6, 6.07) is 4.68. The third-order valence-corrected chi connectivity index (χ3v) is 1.45. The van der Waals surface area contributed by atoms with Crippen molar-refractivity contribution in [1.29, 1.82) is 0 Å². The average Bonchev–Trinajstić information content (AvgIpc) is 2.12. The summed E-state index contributed by atoms with van der Waals surface area (Å²) in [5, 5.41) is 9.09. The summed E-state index contributed by atoms with van der Waals surface area (Å²) in [6.07, 6.45) is 0.942. The molecule has 0 aliphatic heterocycles. The van der Waals surface area contributed by atoms with Gasteiger partial charge in [0.25, 0.3) is 0 Å². The van der Waals surface area contributed by atoms with Crippen LogP contribution in [-0.4, -0.2) is 11.4 Å². The lowest BCUT2D eigenvalue weighted by Gasteiger charge is -1.97. The van der Waals surface area contributed by atoms with Crippen LogP contribution in [0.3, 0.4) is 0 Å². The first-order valence-electron chi connectivity index (χ1n) is 3.75. The minimum absolute atomic E-state index is 0.0425. The minimum atomic E-state index is 0.0425. The van der Waals surface area contributed by atoms with Gasteiger partial charge in [0, 0.05) is 5.56 Å². The molecule has 0 aromatic heterocycles. The molecule has 0 heterocycles. The number of rotatable bonds is 1. The smallest absolute Gasteiger partial charge is 0.138 e. The van der Waals surface area contributed by atoms with Gasteiger partial charge < -0.3 is 15.6 Å². The molecular weight excluding hydrogens is 166 g/mol. The first kappa shape index (κ1) is 9.14. The standard InChI is InChI=1S/C10H9NO2/c11-9-7-8(3-1-2-6-12)4-5-10(9)13/h4-7,13H,2,11H2. The number of aromatic hydroxyl groups is 1. The maximum atomic E-state index is 9.95. The number of carbonyl (C=O) groups is 1. The summed E-state index contributed by atoms with van der Waals surface area (Å²) < 4.78 is 0. The van der Waals surface area contributed by atoms with Crippen LogP contribution in [-0.2, 0) is 4.79 Å². The maximum absolute atomic E-state index is 9.95. The third kappa shape index (κ3) is 2.53. The highest BCUT2D eigenvalue weighted by atomic mass is 16.3. The molecule has 0 radical (unpaired) electrons. The molecule has 3 nitrogen and oxygen atoms in total. The van der Waals surface area contributed by atoms with Crippen LogP contribution < -0.4 is 5.73 Å². The van der Waals surface area contributed by atoms with Crippen molar-refractivity contribution in [2.24, 2.45) is 0 Å². The summed E-state index contributed by atoms with van der Waals surface area (Å²) in [7, 11) is 0. The Hall–Kier alpha value is -1.95. The Labute approximate surface area is 76.2 Å². The van der Waals surface area contributed by atoms with Crippen molar-refractivity contribution in [3.63, 3.8) is 0 Å². The zero-order chi connectivity index (χ0) is 9.68. The predicted molar refractivity (Wildman–Crippen MR) is 50.1 cm³/mol. The molecule has 0 saturated heterocycles. The zero-order valence-corrected chi connectivity index (χ0v) is 6.95. The Bertz CT molecular complexity index is 374. The van der Waals surface area contributed by atoms with Gasteiger partial charge in [-0.25, -0.2) is 0 Å². The molecule has 0 fully saturated rings. The number of phenols is 1. The van der Waals surface area contributed by atoms with Crippen molar-refractivity contribution >= 4 is 12.0 Å². The zero-order valence-electron chi connectivity index (χ0n) is 6.95. The maximum Gasteiger partial charge on any atom is 0.138 e. The van der Waals surface area contributed by atoms with E-state index in [4.69, 9.17) is 10.8 Å². The average molecular weight is 175 g/mol. The van der Waals surface area contributed by atoms with Gasteiger partial charge in [0.15, 0.2) is 0 Å². The molecule has 3 heteroatoms. The van der Waals surface area contributed by atoms with Gasteiger partial charge in [-0.15, -0.1) is 0 Å². The summed E-state index contributed by atoms with van der Waals surface area (Å²) in [5.74, 6) is 5.43. The van der Waals surface area contributed by atoms with Gasteiger partial charge in [0.05, 0.1) is 12.1 Å². The van der Waals surface area contributed by atoms with Gasteiger partial charge in [-0.2, -0.15) is 0 Å². The SMILES string of the molecule is Nc1cc(C#CCC=O)ccc1O. The lowest BCUT2D eigenvalue weighted by atomic mass is 10.2. The van der Waals surface area contributed by atoms with Gasteiger partial charge in [-0.05, 0) is 18.2 Å². The highest BCUT2D eigenvalue weighted by Gasteiger charge is 1.95. The fourth-order valence-electron chi connectivity index (χ4n) is 0.827. The van der Waals surface area contributed by atoms with Crippen LogP contribution in [0, 0.1) is 11.8 Å². The number of hydrogen-bond donors (Lipinski definition) is 2. The van der Waals surface area contributed by atoms with Crippen molar-refractivity contribution in [2.45, 2.75) is 6.42 Å². The molecule has 0 amide bonds. The van der Waals surface area contributed by atoms with E-state index in [2.05, 4.69) is 11.8 Å². The van der Waals surface area contributed by atoms with Crippen LogP contribution in [0.4, 0.5) is 5.69 Å². The molecule has 0 saturated carbocycles. The predicted octanol–water partition coefficient (Wildman–Crippen LogP) is 0.915. The molecule has 0 atom stereocenters. The van der Waals surface area contributed by atoms with Crippen molar-refractivity contribution in [2.75, 3.05) is 5.73 Å². The topological polar surface area (TPSA) is 63.3 Å². The van der Waals surface area contributed by atoms with Gasteiger partial charge in [0.2, 0.25) is 0 Å². The number of carbonyl (C=O) groups excluding carboxylic acids is 1. The lowest BCUT2D eigenvalue weighted by molar-refractivity contribution is -0.107. The van der Waals surface area contributed by atoms with Crippen molar-refractivity contribution in [1.82, 2.24) is 0 Å². The first-order valence-corrected chi connectivity index (χ1v) is 3.75. The Morgan fingerprint density at radius 3 is 2.92 bits per heavy atom. The van der Waals surface area contributed by atoms with Gasteiger partial charge in [-0.3, -0.25) is 0 Å². The molecule has 0 spiro atoms. The van der Waals surface area contributed by atoms with E-state index in [-0.39, 0.29) is 17.9 Å². The van der Waals surface area contributed by atoms with E-state index in [1.54, 1.807) is 12.1 Å². The number of aldehydes is 1. The first-order chi connectivity index (χ1) is 6.24. The Kier molecular flexibility index (Phi) is 2.93. The van der Waals surface area contributed by atoms with Crippen molar-refractivity contribution in [3.8, 4) is 17.6 Å². The molecular formula is C10H9NO2. The molecule has 66 valence electrons. The third-order valence-electron chi connectivity index (χ3n) is 1.45. The Balaban J connectivity index is 2.87. The molecule has 0 aliphatic carbocycles.